The zero-order valence-electron chi connectivity index (χ0n) is 11.0. The van der Waals surface area contributed by atoms with Crippen molar-refractivity contribution in [3.8, 4) is 11.5 Å². The molecular formula is C16H16O3. The number of carbonyl (C=O) groups excluding carboxylic acids is 1. The summed E-state index contributed by atoms with van der Waals surface area (Å²) >= 11 is 0. The van der Waals surface area contributed by atoms with E-state index in [2.05, 4.69) is 0 Å². The van der Waals surface area contributed by atoms with Crippen LogP contribution in [0.25, 0.3) is 0 Å². The Hall–Kier alpha value is -2.29. The molecule has 0 aliphatic rings. The molecule has 19 heavy (non-hydrogen) atoms. The third kappa shape index (κ3) is 2.94. The van der Waals surface area contributed by atoms with Crippen LogP contribution in [0.4, 0.5) is 0 Å². The van der Waals surface area contributed by atoms with Crippen molar-refractivity contribution >= 4 is 5.78 Å². The van der Waals surface area contributed by atoms with Gasteiger partial charge in [-0.05, 0) is 26.0 Å². The predicted octanol–water partition coefficient (Wildman–Crippen LogP) is 3.43. The first-order valence-electron chi connectivity index (χ1n) is 6.07. The van der Waals surface area contributed by atoms with Crippen molar-refractivity contribution in [1.82, 2.24) is 0 Å². The van der Waals surface area contributed by atoms with E-state index in [1.807, 2.05) is 18.2 Å². The Morgan fingerprint density at radius 1 is 1.00 bits per heavy atom. The molecule has 0 aliphatic heterocycles. The Kier molecular flexibility index (Phi) is 3.56. The molecule has 0 saturated carbocycles. The number of aromatic hydroxyl groups is 1. The van der Waals surface area contributed by atoms with Crippen LogP contribution in [0.15, 0.2) is 54.6 Å². The minimum absolute atomic E-state index is 0.0245. The molecule has 98 valence electrons. The van der Waals surface area contributed by atoms with Gasteiger partial charge in [-0.15, -0.1) is 0 Å². The molecule has 0 radical (unpaired) electrons. The van der Waals surface area contributed by atoms with Crippen molar-refractivity contribution in [2.75, 3.05) is 0 Å². The quantitative estimate of drug-likeness (QED) is 0.852. The van der Waals surface area contributed by atoms with Gasteiger partial charge in [-0.1, -0.05) is 42.5 Å². The number of Topliss-reactive ketones (excluding diaryl/α,β-unsaturated/α-hetero) is 1. The van der Waals surface area contributed by atoms with Gasteiger partial charge in [0.2, 0.25) is 5.78 Å². The van der Waals surface area contributed by atoms with Gasteiger partial charge in [0.25, 0.3) is 0 Å². The van der Waals surface area contributed by atoms with E-state index in [0.29, 0.717) is 11.3 Å². The number of benzene rings is 2. The van der Waals surface area contributed by atoms with Crippen LogP contribution < -0.4 is 4.74 Å². The van der Waals surface area contributed by atoms with Crippen LogP contribution in [0.3, 0.4) is 0 Å². The minimum atomic E-state index is -1.04. The molecule has 0 unspecified atom stereocenters. The van der Waals surface area contributed by atoms with E-state index >= 15 is 0 Å². The first kappa shape index (κ1) is 13.1. The second kappa shape index (κ2) is 5.14. The third-order valence-electron chi connectivity index (χ3n) is 2.81. The summed E-state index contributed by atoms with van der Waals surface area (Å²) in [4.78, 5) is 12.4. The first-order valence-corrected chi connectivity index (χ1v) is 6.07. The molecule has 3 nitrogen and oxygen atoms in total. The highest BCUT2D eigenvalue weighted by Crippen LogP contribution is 2.29. The fourth-order valence-corrected chi connectivity index (χ4v) is 1.80. The van der Waals surface area contributed by atoms with Crippen LogP contribution in [0.1, 0.15) is 24.2 Å². The molecule has 1 N–H and O–H groups in total. The molecule has 0 amide bonds. The van der Waals surface area contributed by atoms with E-state index in [4.69, 9.17) is 4.74 Å². The number of ketones is 1. The van der Waals surface area contributed by atoms with Crippen LogP contribution in [0.2, 0.25) is 0 Å². The average molecular weight is 256 g/mol. The van der Waals surface area contributed by atoms with E-state index in [1.54, 1.807) is 44.2 Å². The van der Waals surface area contributed by atoms with Crippen molar-refractivity contribution in [2.45, 2.75) is 19.4 Å². The molecule has 2 aromatic rings. The topological polar surface area (TPSA) is 46.5 Å². The normalized spacial score (nSPS) is 11.1. The fourth-order valence-electron chi connectivity index (χ4n) is 1.80. The maximum Gasteiger partial charge on any atom is 0.205 e. The standard InChI is InChI=1S/C16H16O3/c1-16(2,15(18)12-8-4-3-5-9-12)19-14-11-7-6-10-13(14)17/h3-11,17H,1-2H3. The maximum absolute atomic E-state index is 12.4. The zero-order valence-corrected chi connectivity index (χ0v) is 11.0. The van der Waals surface area contributed by atoms with E-state index in [1.165, 1.54) is 6.07 Å². The zero-order chi connectivity index (χ0) is 13.9. The fraction of sp³-hybridized carbons (Fsp3) is 0.188. The summed E-state index contributed by atoms with van der Waals surface area (Å²) in [6.07, 6.45) is 0. The summed E-state index contributed by atoms with van der Waals surface area (Å²) in [5.41, 5.74) is -0.455. The summed E-state index contributed by atoms with van der Waals surface area (Å²) in [5, 5.41) is 9.69. The SMILES string of the molecule is CC(C)(Oc1ccccc1O)C(=O)c1ccccc1. The second-order valence-electron chi connectivity index (χ2n) is 4.78. The van der Waals surface area contributed by atoms with Crippen molar-refractivity contribution in [3.63, 3.8) is 0 Å². The lowest BCUT2D eigenvalue weighted by Crippen LogP contribution is -2.38. The Balaban J connectivity index is 2.24. The highest BCUT2D eigenvalue weighted by molar-refractivity contribution is 6.02. The largest absolute Gasteiger partial charge is 0.504 e. The lowest BCUT2D eigenvalue weighted by atomic mass is 9.96. The number of para-hydroxylation sites is 2. The number of hydrogen-bond acceptors (Lipinski definition) is 3. The maximum atomic E-state index is 12.4. The van der Waals surface area contributed by atoms with Crippen molar-refractivity contribution < 1.29 is 14.6 Å². The number of phenols is 1. The highest BCUT2D eigenvalue weighted by Gasteiger charge is 2.31. The first-order chi connectivity index (χ1) is 9.00. The summed E-state index contributed by atoms with van der Waals surface area (Å²) in [5.74, 6) is 0.199. The molecule has 0 aliphatic carbocycles. The van der Waals surface area contributed by atoms with E-state index in [9.17, 15) is 9.90 Å². The van der Waals surface area contributed by atoms with Crippen molar-refractivity contribution in [1.29, 1.82) is 0 Å². The van der Waals surface area contributed by atoms with Crippen LogP contribution in [-0.2, 0) is 0 Å². The molecule has 0 bridgehead atoms. The van der Waals surface area contributed by atoms with Crippen LogP contribution >= 0.6 is 0 Å². The average Bonchev–Trinajstić information content (AvgIpc) is 2.41. The Labute approximate surface area is 112 Å². The molecular weight excluding hydrogens is 240 g/mol. The second-order valence-corrected chi connectivity index (χ2v) is 4.78. The highest BCUT2D eigenvalue weighted by atomic mass is 16.5. The lowest BCUT2D eigenvalue weighted by Gasteiger charge is -2.25. The van der Waals surface area contributed by atoms with Gasteiger partial charge < -0.3 is 9.84 Å². The van der Waals surface area contributed by atoms with Gasteiger partial charge >= 0.3 is 0 Å². The molecule has 2 aromatic carbocycles. The number of carbonyl (C=O) groups is 1. The number of hydrogen-bond donors (Lipinski definition) is 1. The number of ether oxygens (including phenoxy) is 1. The van der Waals surface area contributed by atoms with Gasteiger partial charge in [-0.3, -0.25) is 4.79 Å². The summed E-state index contributed by atoms with van der Waals surface area (Å²) in [6.45, 7) is 3.38. The van der Waals surface area contributed by atoms with Crippen molar-refractivity contribution in [3.05, 3.63) is 60.2 Å². The third-order valence-corrected chi connectivity index (χ3v) is 2.81. The predicted molar refractivity (Wildman–Crippen MR) is 73.6 cm³/mol. The smallest absolute Gasteiger partial charge is 0.205 e. The molecule has 2 rings (SSSR count). The van der Waals surface area contributed by atoms with Crippen LogP contribution in [0.5, 0.6) is 11.5 Å². The van der Waals surface area contributed by atoms with Gasteiger partial charge in [-0.2, -0.15) is 0 Å². The molecule has 0 saturated heterocycles. The van der Waals surface area contributed by atoms with E-state index in [0.717, 1.165) is 0 Å². The molecule has 3 heteroatoms. The van der Waals surface area contributed by atoms with Gasteiger partial charge in [0.15, 0.2) is 17.1 Å². The minimum Gasteiger partial charge on any atom is -0.504 e. The monoisotopic (exact) mass is 256 g/mol. The Morgan fingerprint density at radius 3 is 2.21 bits per heavy atom. The van der Waals surface area contributed by atoms with Gasteiger partial charge in [0.1, 0.15) is 0 Å². The van der Waals surface area contributed by atoms with E-state index < -0.39 is 5.60 Å². The lowest BCUT2D eigenvalue weighted by molar-refractivity contribution is 0.0575. The summed E-state index contributed by atoms with van der Waals surface area (Å²) in [7, 11) is 0. The summed E-state index contributed by atoms with van der Waals surface area (Å²) < 4.78 is 5.65. The Bertz CT molecular complexity index is 574. The van der Waals surface area contributed by atoms with Crippen molar-refractivity contribution in [2.24, 2.45) is 0 Å². The van der Waals surface area contributed by atoms with Crippen LogP contribution in [-0.4, -0.2) is 16.5 Å². The van der Waals surface area contributed by atoms with Crippen LogP contribution in [0, 0.1) is 0 Å². The molecule has 0 spiro atoms. The summed E-state index contributed by atoms with van der Waals surface area (Å²) in [6, 6.07) is 15.6. The Morgan fingerprint density at radius 2 is 1.58 bits per heavy atom. The van der Waals surface area contributed by atoms with Gasteiger partial charge in [-0.25, -0.2) is 0 Å². The number of phenolic OH excluding ortho intramolecular Hbond substituents is 1. The van der Waals surface area contributed by atoms with E-state index in [-0.39, 0.29) is 11.5 Å². The molecule has 0 aromatic heterocycles. The van der Waals surface area contributed by atoms with Gasteiger partial charge in [0, 0.05) is 5.56 Å². The molecule has 0 atom stereocenters. The van der Waals surface area contributed by atoms with Gasteiger partial charge in [0.05, 0.1) is 0 Å². The molecule has 0 fully saturated rings. The molecule has 0 heterocycles. The number of rotatable bonds is 4.